The van der Waals surface area contributed by atoms with Crippen LogP contribution < -0.4 is 14.8 Å². The Balaban J connectivity index is 2.68. The number of hydrogen-bond acceptors (Lipinski definition) is 4. The van der Waals surface area contributed by atoms with E-state index in [-0.39, 0.29) is 5.54 Å². The molecule has 4 nitrogen and oxygen atoms in total. The summed E-state index contributed by atoms with van der Waals surface area (Å²) in [6.45, 7) is 5.64. The van der Waals surface area contributed by atoms with E-state index in [9.17, 15) is 0 Å². The number of rotatable bonds is 7. The minimum absolute atomic E-state index is 0.0537. The third kappa shape index (κ3) is 4.20. The van der Waals surface area contributed by atoms with Gasteiger partial charge in [0, 0.05) is 19.2 Å². The van der Waals surface area contributed by atoms with E-state index in [2.05, 4.69) is 19.2 Å². The van der Waals surface area contributed by atoms with Gasteiger partial charge in [-0.3, -0.25) is 0 Å². The van der Waals surface area contributed by atoms with E-state index in [4.69, 9.17) is 14.2 Å². The predicted molar refractivity (Wildman–Crippen MR) is 72.3 cm³/mol. The van der Waals surface area contributed by atoms with Gasteiger partial charge in [-0.25, -0.2) is 0 Å². The molecule has 0 aliphatic heterocycles. The highest BCUT2D eigenvalue weighted by Crippen LogP contribution is 2.27. The second-order valence-corrected chi connectivity index (χ2v) is 4.86. The highest BCUT2D eigenvalue weighted by atomic mass is 16.5. The van der Waals surface area contributed by atoms with Gasteiger partial charge in [-0.05, 0) is 31.5 Å². The van der Waals surface area contributed by atoms with Crippen LogP contribution in [0, 0.1) is 0 Å². The van der Waals surface area contributed by atoms with Gasteiger partial charge < -0.3 is 19.5 Å². The number of benzene rings is 1. The number of nitrogens with one attached hydrogen (secondary N) is 1. The highest BCUT2D eigenvalue weighted by molar-refractivity contribution is 5.42. The summed E-state index contributed by atoms with van der Waals surface area (Å²) in [6.07, 6.45) is 0. The van der Waals surface area contributed by atoms with Gasteiger partial charge in [0.1, 0.15) is 0 Å². The summed E-state index contributed by atoms with van der Waals surface area (Å²) < 4.78 is 15.7. The molecule has 0 aliphatic rings. The van der Waals surface area contributed by atoms with E-state index in [1.165, 1.54) is 0 Å². The SMILES string of the molecule is COCC(C)(C)NCc1ccc(OC)c(OC)c1. The second-order valence-electron chi connectivity index (χ2n) is 4.86. The molecule has 0 bridgehead atoms. The summed E-state index contributed by atoms with van der Waals surface area (Å²) in [5.41, 5.74) is 1.10. The minimum atomic E-state index is -0.0537. The van der Waals surface area contributed by atoms with Crippen LogP contribution in [-0.4, -0.2) is 33.5 Å². The van der Waals surface area contributed by atoms with Crippen LogP contribution in [0.2, 0.25) is 0 Å². The second kappa shape index (κ2) is 6.61. The minimum Gasteiger partial charge on any atom is -0.493 e. The Bertz CT molecular complexity index is 377. The summed E-state index contributed by atoms with van der Waals surface area (Å²) in [5.74, 6) is 1.50. The highest BCUT2D eigenvalue weighted by Gasteiger charge is 2.16. The van der Waals surface area contributed by atoms with Crippen molar-refractivity contribution in [2.75, 3.05) is 27.9 Å². The maximum atomic E-state index is 5.28. The van der Waals surface area contributed by atoms with Crippen molar-refractivity contribution < 1.29 is 14.2 Å². The van der Waals surface area contributed by atoms with Gasteiger partial charge in [0.05, 0.1) is 20.8 Å². The molecule has 1 N–H and O–H groups in total. The molecule has 0 amide bonds. The molecule has 0 spiro atoms. The fourth-order valence-corrected chi connectivity index (χ4v) is 1.74. The van der Waals surface area contributed by atoms with Crippen molar-refractivity contribution in [1.82, 2.24) is 5.32 Å². The molecular weight excluding hydrogens is 230 g/mol. The summed E-state index contributed by atoms with van der Waals surface area (Å²) in [5, 5.41) is 3.44. The van der Waals surface area contributed by atoms with Crippen LogP contribution in [0.25, 0.3) is 0 Å². The number of ether oxygens (including phenoxy) is 3. The first-order chi connectivity index (χ1) is 8.52. The first kappa shape index (κ1) is 14.8. The Hall–Kier alpha value is -1.26. The summed E-state index contributed by atoms with van der Waals surface area (Å²) in [7, 11) is 4.99. The van der Waals surface area contributed by atoms with Gasteiger partial charge in [0.25, 0.3) is 0 Å². The van der Waals surface area contributed by atoms with Crippen LogP contribution in [-0.2, 0) is 11.3 Å². The zero-order valence-corrected chi connectivity index (χ0v) is 11.9. The van der Waals surface area contributed by atoms with Crippen LogP contribution in [0.4, 0.5) is 0 Å². The lowest BCUT2D eigenvalue weighted by molar-refractivity contribution is 0.127. The molecule has 0 aliphatic carbocycles. The van der Waals surface area contributed by atoms with Crippen LogP contribution in [0.5, 0.6) is 11.5 Å². The van der Waals surface area contributed by atoms with E-state index >= 15 is 0 Å². The zero-order chi connectivity index (χ0) is 13.6. The first-order valence-corrected chi connectivity index (χ1v) is 5.97. The first-order valence-electron chi connectivity index (χ1n) is 5.97. The molecule has 0 unspecified atom stereocenters. The number of hydrogen-bond donors (Lipinski definition) is 1. The van der Waals surface area contributed by atoms with Crippen molar-refractivity contribution in [3.8, 4) is 11.5 Å². The Kier molecular flexibility index (Phi) is 5.44. The van der Waals surface area contributed by atoms with Crippen LogP contribution in [0.3, 0.4) is 0 Å². The Labute approximate surface area is 109 Å². The van der Waals surface area contributed by atoms with Crippen molar-refractivity contribution in [3.05, 3.63) is 23.8 Å². The molecule has 102 valence electrons. The molecule has 0 saturated heterocycles. The normalized spacial score (nSPS) is 11.4. The molecule has 0 aromatic heterocycles. The standard InChI is InChI=1S/C14H23NO3/c1-14(2,10-16-3)15-9-11-6-7-12(17-4)13(8-11)18-5/h6-8,15H,9-10H2,1-5H3. The van der Waals surface area contributed by atoms with Crippen LogP contribution in [0.1, 0.15) is 19.4 Å². The molecule has 0 heterocycles. The van der Waals surface area contributed by atoms with Crippen LogP contribution in [0.15, 0.2) is 18.2 Å². The van der Waals surface area contributed by atoms with Crippen molar-refractivity contribution in [2.45, 2.75) is 25.9 Å². The van der Waals surface area contributed by atoms with Crippen molar-refractivity contribution >= 4 is 0 Å². The molecule has 1 rings (SSSR count). The molecule has 0 saturated carbocycles. The van der Waals surface area contributed by atoms with Crippen molar-refractivity contribution in [2.24, 2.45) is 0 Å². The van der Waals surface area contributed by atoms with E-state index in [1.807, 2.05) is 18.2 Å². The van der Waals surface area contributed by atoms with Gasteiger partial charge >= 0.3 is 0 Å². The van der Waals surface area contributed by atoms with Crippen molar-refractivity contribution in [3.63, 3.8) is 0 Å². The third-order valence-electron chi connectivity index (χ3n) is 2.72. The van der Waals surface area contributed by atoms with E-state index in [0.717, 1.165) is 23.6 Å². The third-order valence-corrected chi connectivity index (χ3v) is 2.72. The fourth-order valence-electron chi connectivity index (χ4n) is 1.74. The van der Waals surface area contributed by atoms with Crippen molar-refractivity contribution in [1.29, 1.82) is 0 Å². The Morgan fingerprint density at radius 1 is 1.06 bits per heavy atom. The van der Waals surface area contributed by atoms with Gasteiger partial charge in [0.15, 0.2) is 11.5 Å². The number of methoxy groups -OCH3 is 3. The Morgan fingerprint density at radius 3 is 2.28 bits per heavy atom. The van der Waals surface area contributed by atoms with Gasteiger partial charge in [0.2, 0.25) is 0 Å². The lowest BCUT2D eigenvalue weighted by Crippen LogP contribution is -2.42. The molecular formula is C14H23NO3. The smallest absolute Gasteiger partial charge is 0.161 e. The average molecular weight is 253 g/mol. The van der Waals surface area contributed by atoms with E-state index < -0.39 is 0 Å². The van der Waals surface area contributed by atoms with E-state index in [1.54, 1.807) is 21.3 Å². The molecule has 1 aromatic rings. The molecule has 0 atom stereocenters. The monoisotopic (exact) mass is 253 g/mol. The molecule has 1 aromatic carbocycles. The summed E-state index contributed by atoms with van der Waals surface area (Å²) in [6, 6.07) is 5.92. The Morgan fingerprint density at radius 2 is 1.72 bits per heavy atom. The van der Waals surface area contributed by atoms with Gasteiger partial charge in [-0.1, -0.05) is 6.07 Å². The lowest BCUT2D eigenvalue weighted by atomic mass is 10.1. The maximum absolute atomic E-state index is 5.28. The summed E-state index contributed by atoms with van der Waals surface area (Å²) in [4.78, 5) is 0. The molecule has 4 heteroatoms. The maximum Gasteiger partial charge on any atom is 0.161 e. The average Bonchev–Trinajstić information content (AvgIpc) is 2.36. The largest absolute Gasteiger partial charge is 0.493 e. The molecule has 0 radical (unpaired) electrons. The topological polar surface area (TPSA) is 39.7 Å². The zero-order valence-electron chi connectivity index (χ0n) is 11.9. The van der Waals surface area contributed by atoms with Crippen LogP contribution >= 0.6 is 0 Å². The fraction of sp³-hybridized carbons (Fsp3) is 0.571. The quantitative estimate of drug-likeness (QED) is 0.809. The summed E-state index contributed by atoms with van der Waals surface area (Å²) >= 11 is 0. The molecule has 0 fully saturated rings. The molecule has 18 heavy (non-hydrogen) atoms. The van der Waals surface area contributed by atoms with E-state index in [0.29, 0.717) is 6.61 Å². The predicted octanol–water partition coefficient (Wildman–Crippen LogP) is 2.22. The van der Waals surface area contributed by atoms with Gasteiger partial charge in [-0.15, -0.1) is 0 Å². The van der Waals surface area contributed by atoms with Gasteiger partial charge in [-0.2, -0.15) is 0 Å². The lowest BCUT2D eigenvalue weighted by Gasteiger charge is -2.25.